The number of carbonyl (C=O) groups is 1. The van der Waals surface area contributed by atoms with Crippen LogP contribution in [-0.2, 0) is 10.0 Å². The highest BCUT2D eigenvalue weighted by Gasteiger charge is 2.22. The quantitative estimate of drug-likeness (QED) is 0.835. The van der Waals surface area contributed by atoms with Gasteiger partial charge in [-0.25, -0.2) is 13.6 Å². The maximum absolute atomic E-state index is 12.1. The molecule has 0 spiro atoms. The molecule has 0 aromatic heterocycles. The average Bonchev–Trinajstić information content (AvgIpc) is 2.32. The van der Waals surface area contributed by atoms with Crippen LogP contribution in [0.4, 0.5) is 0 Å². The monoisotopic (exact) mass is 378 g/mol. The van der Waals surface area contributed by atoms with E-state index in [0.29, 0.717) is 11.0 Å². The molecule has 0 heterocycles. The van der Waals surface area contributed by atoms with E-state index in [2.05, 4.69) is 21.2 Å². The second-order valence-electron chi connectivity index (χ2n) is 5.78. The summed E-state index contributed by atoms with van der Waals surface area (Å²) in [5.41, 5.74) is 0.109. The van der Waals surface area contributed by atoms with Gasteiger partial charge in [0.1, 0.15) is 4.90 Å². The fourth-order valence-electron chi connectivity index (χ4n) is 1.56. The number of methoxy groups -OCH3 is 1. The van der Waals surface area contributed by atoms with Crippen LogP contribution in [0.1, 0.15) is 31.1 Å². The molecule has 0 aliphatic heterocycles. The van der Waals surface area contributed by atoms with Gasteiger partial charge in [0, 0.05) is 12.1 Å². The molecule has 1 rings (SSSR count). The van der Waals surface area contributed by atoms with Gasteiger partial charge in [-0.3, -0.25) is 4.79 Å². The van der Waals surface area contributed by atoms with Gasteiger partial charge in [-0.15, -0.1) is 0 Å². The van der Waals surface area contributed by atoms with E-state index in [1.54, 1.807) is 0 Å². The highest BCUT2D eigenvalue weighted by Crippen LogP contribution is 2.33. The van der Waals surface area contributed by atoms with E-state index >= 15 is 0 Å². The van der Waals surface area contributed by atoms with Crippen LogP contribution in [0.15, 0.2) is 21.5 Å². The molecule has 0 radical (unpaired) electrons. The van der Waals surface area contributed by atoms with Crippen molar-refractivity contribution in [2.45, 2.75) is 25.7 Å². The first-order valence-corrected chi connectivity index (χ1v) is 8.48. The van der Waals surface area contributed by atoms with E-state index in [-0.39, 0.29) is 27.5 Å². The summed E-state index contributed by atoms with van der Waals surface area (Å²) in [6.07, 6.45) is 0. The lowest BCUT2D eigenvalue weighted by Gasteiger charge is -2.19. The van der Waals surface area contributed by atoms with Crippen LogP contribution in [0.25, 0.3) is 0 Å². The maximum atomic E-state index is 12.1. The smallest absolute Gasteiger partial charge is 0.251 e. The van der Waals surface area contributed by atoms with Gasteiger partial charge >= 0.3 is 0 Å². The highest BCUT2D eigenvalue weighted by molar-refractivity contribution is 9.10. The summed E-state index contributed by atoms with van der Waals surface area (Å²) in [5.74, 6) is -0.303. The number of primary sulfonamides is 1. The van der Waals surface area contributed by atoms with Crippen LogP contribution in [0, 0.1) is 5.41 Å². The summed E-state index contributed by atoms with van der Waals surface area (Å²) in [5, 5.41) is 7.90. The second-order valence-corrected chi connectivity index (χ2v) is 8.16. The molecule has 0 fully saturated rings. The molecule has 0 bridgehead atoms. The number of rotatable bonds is 4. The summed E-state index contributed by atoms with van der Waals surface area (Å²) in [4.78, 5) is 11.9. The van der Waals surface area contributed by atoms with Crippen molar-refractivity contribution >= 4 is 31.9 Å². The number of nitrogens with two attached hydrogens (primary N) is 1. The van der Waals surface area contributed by atoms with Crippen LogP contribution < -0.4 is 15.2 Å². The Morgan fingerprint density at radius 3 is 2.38 bits per heavy atom. The van der Waals surface area contributed by atoms with Crippen molar-refractivity contribution in [2.24, 2.45) is 10.6 Å². The summed E-state index contributed by atoms with van der Waals surface area (Å²) in [7, 11) is -2.67. The van der Waals surface area contributed by atoms with Gasteiger partial charge in [-0.2, -0.15) is 0 Å². The highest BCUT2D eigenvalue weighted by atomic mass is 79.9. The topological polar surface area (TPSA) is 98.5 Å². The van der Waals surface area contributed by atoms with E-state index in [9.17, 15) is 13.2 Å². The molecule has 6 nitrogen and oxygen atoms in total. The molecule has 0 aliphatic carbocycles. The molecule has 118 valence electrons. The Bertz CT molecular complexity index is 651. The molecule has 0 unspecified atom stereocenters. The number of hydrogen-bond donors (Lipinski definition) is 2. The van der Waals surface area contributed by atoms with E-state index in [1.165, 1.54) is 19.2 Å². The number of amides is 1. The Balaban J connectivity index is 3.22. The lowest BCUT2D eigenvalue weighted by Crippen LogP contribution is -2.32. The minimum absolute atomic E-state index is 0.0740. The van der Waals surface area contributed by atoms with E-state index in [1.807, 2.05) is 20.8 Å². The van der Waals surface area contributed by atoms with Gasteiger partial charge in [-0.05, 0) is 33.5 Å². The predicted octanol–water partition coefficient (Wildman–Crippen LogP) is 1.88. The molecule has 1 amide bonds. The van der Waals surface area contributed by atoms with Crippen molar-refractivity contribution in [3.05, 3.63) is 22.2 Å². The van der Waals surface area contributed by atoms with Crippen molar-refractivity contribution in [3.8, 4) is 5.75 Å². The molecule has 8 heteroatoms. The van der Waals surface area contributed by atoms with Crippen LogP contribution >= 0.6 is 15.9 Å². The Morgan fingerprint density at radius 1 is 1.38 bits per heavy atom. The van der Waals surface area contributed by atoms with Crippen LogP contribution in [-0.4, -0.2) is 28.0 Å². The van der Waals surface area contributed by atoms with Gasteiger partial charge < -0.3 is 10.1 Å². The minimum atomic E-state index is -4.00. The first-order chi connectivity index (χ1) is 9.45. The Hall–Kier alpha value is -1.12. The number of sulfonamides is 1. The number of nitrogens with one attached hydrogen (secondary N) is 1. The lowest BCUT2D eigenvalue weighted by molar-refractivity contribution is 0.0939. The minimum Gasteiger partial charge on any atom is -0.494 e. The van der Waals surface area contributed by atoms with Gasteiger partial charge in [0.2, 0.25) is 10.0 Å². The fourth-order valence-corrected chi connectivity index (χ4v) is 3.05. The van der Waals surface area contributed by atoms with Gasteiger partial charge in [0.25, 0.3) is 5.91 Å². The molecule has 0 aliphatic rings. The summed E-state index contributed by atoms with van der Waals surface area (Å²) >= 11 is 3.18. The third-order valence-electron chi connectivity index (χ3n) is 2.56. The molecule has 1 aromatic carbocycles. The molecule has 0 saturated heterocycles. The van der Waals surface area contributed by atoms with Gasteiger partial charge in [-0.1, -0.05) is 20.8 Å². The molecule has 21 heavy (non-hydrogen) atoms. The van der Waals surface area contributed by atoms with Crippen molar-refractivity contribution in [2.75, 3.05) is 13.7 Å². The van der Waals surface area contributed by atoms with Crippen LogP contribution in [0.2, 0.25) is 0 Å². The van der Waals surface area contributed by atoms with Crippen molar-refractivity contribution < 1.29 is 17.9 Å². The molecular weight excluding hydrogens is 360 g/mol. The Morgan fingerprint density at radius 2 is 1.95 bits per heavy atom. The number of ether oxygens (including phenoxy) is 1. The van der Waals surface area contributed by atoms with E-state index in [0.717, 1.165) is 0 Å². The van der Waals surface area contributed by atoms with E-state index < -0.39 is 10.0 Å². The summed E-state index contributed by atoms with van der Waals surface area (Å²) < 4.78 is 28.6. The molecule has 0 saturated carbocycles. The number of hydrogen-bond acceptors (Lipinski definition) is 4. The molecule has 1 aromatic rings. The second kappa shape index (κ2) is 6.33. The maximum Gasteiger partial charge on any atom is 0.251 e. The number of benzene rings is 1. The molecular formula is C13H19BrN2O4S. The average molecular weight is 379 g/mol. The van der Waals surface area contributed by atoms with Crippen LogP contribution in [0.3, 0.4) is 0 Å². The Kier molecular flexibility index (Phi) is 5.40. The fraction of sp³-hybridized carbons (Fsp3) is 0.462. The van der Waals surface area contributed by atoms with E-state index in [4.69, 9.17) is 9.88 Å². The van der Waals surface area contributed by atoms with Gasteiger partial charge in [0.15, 0.2) is 5.75 Å². The normalized spacial score (nSPS) is 12.1. The molecule has 0 atom stereocenters. The zero-order valence-electron chi connectivity index (χ0n) is 12.4. The first-order valence-electron chi connectivity index (χ1n) is 6.14. The standard InChI is InChI=1S/C13H19BrN2O4S/c1-13(2,3)7-16-12(17)8-5-9(14)11(20-4)10(6-8)21(15,18)19/h5-6H,7H2,1-4H3,(H,16,17)(H2,15,18,19). The lowest BCUT2D eigenvalue weighted by atomic mass is 9.97. The zero-order chi connectivity index (χ0) is 16.4. The summed E-state index contributed by atoms with van der Waals surface area (Å²) in [6, 6.07) is 2.70. The third kappa shape index (κ3) is 4.98. The third-order valence-corrected chi connectivity index (χ3v) is 4.07. The largest absolute Gasteiger partial charge is 0.494 e. The van der Waals surface area contributed by atoms with Crippen molar-refractivity contribution in [1.82, 2.24) is 5.32 Å². The first kappa shape index (κ1) is 17.9. The van der Waals surface area contributed by atoms with Crippen molar-refractivity contribution in [3.63, 3.8) is 0 Å². The van der Waals surface area contributed by atoms with Crippen molar-refractivity contribution in [1.29, 1.82) is 0 Å². The summed E-state index contributed by atoms with van der Waals surface area (Å²) in [6.45, 7) is 6.40. The predicted molar refractivity (Wildman–Crippen MR) is 83.9 cm³/mol. The SMILES string of the molecule is COc1c(Br)cc(C(=O)NCC(C)(C)C)cc1S(N)(=O)=O. The van der Waals surface area contributed by atoms with Gasteiger partial charge in [0.05, 0.1) is 11.6 Å². The number of halogens is 1. The number of carbonyl (C=O) groups excluding carboxylic acids is 1. The zero-order valence-corrected chi connectivity index (χ0v) is 14.8. The Labute approximate surface area is 133 Å². The van der Waals surface area contributed by atoms with Crippen LogP contribution in [0.5, 0.6) is 5.75 Å². The molecule has 3 N–H and O–H groups in total.